The first-order valence-electron chi connectivity index (χ1n) is 14.2. The number of nitro benzene ring substituents is 1. The molecule has 2 saturated carbocycles. The van der Waals surface area contributed by atoms with E-state index < -0.39 is 0 Å². The van der Waals surface area contributed by atoms with Crippen molar-refractivity contribution in [2.45, 2.75) is 70.1 Å². The van der Waals surface area contributed by atoms with Crippen LogP contribution in [0.3, 0.4) is 0 Å². The van der Waals surface area contributed by atoms with E-state index in [1.807, 2.05) is 36.4 Å². The maximum Gasteiger partial charge on any atom is 0.293 e. The topological polar surface area (TPSA) is 92.7 Å². The number of fused-ring (bicyclic) bond motifs is 1. The Labute approximate surface area is 229 Å². The zero-order valence-corrected chi connectivity index (χ0v) is 22.3. The molecule has 1 heterocycles. The van der Waals surface area contributed by atoms with Crippen molar-refractivity contribution < 1.29 is 9.72 Å². The van der Waals surface area contributed by atoms with Crippen LogP contribution in [-0.2, 0) is 24.3 Å². The molecule has 7 nitrogen and oxygen atoms in total. The minimum atomic E-state index is -0.271. The second kappa shape index (κ2) is 10.8. The zero-order valence-electron chi connectivity index (χ0n) is 22.3. The molecule has 0 atom stereocenters. The monoisotopic (exact) mass is 524 g/mol. The number of nitrogens with two attached hydrogens (primary N) is 1. The quantitative estimate of drug-likeness (QED) is 0.310. The Morgan fingerprint density at radius 1 is 0.923 bits per heavy atom. The number of benzene rings is 3. The number of carbonyl (C=O) groups excluding carboxylic acids is 1. The van der Waals surface area contributed by atoms with E-state index in [4.69, 9.17) is 5.73 Å². The van der Waals surface area contributed by atoms with E-state index in [0.717, 1.165) is 68.2 Å². The Morgan fingerprint density at radius 3 is 2.41 bits per heavy atom. The summed E-state index contributed by atoms with van der Waals surface area (Å²) in [6, 6.07) is 22.5. The third-order valence-electron chi connectivity index (χ3n) is 8.65. The molecule has 39 heavy (non-hydrogen) atoms. The van der Waals surface area contributed by atoms with Gasteiger partial charge in [0.15, 0.2) is 0 Å². The highest BCUT2D eigenvalue weighted by Gasteiger charge is 2.37. The highest BCUT2D eigenvalue weighted by molar-refractivity contribution is 5.81. The second-order valence-corrected chi connectivity index (χ2v) is 11.4. The molecule has 3 aromatic carbocycles. The van der Waals surface area contributed by atoms with Crippen LogP contribution in [0, 0.1) is 16.0 Å². The Hall–Kier alpha value is -3.71. The largest absolute Gasteiger partial charge is 0.361 e. The van der Waals surface area contributed by atoms with Gasteiger partial charge in [0.1, 0.15) is 5.69 Å². The number of hydrogen-bond acceptors (Lipinski definition) is 5. The van der Waals surface area contributed by atoms with Gasteiger partial charge >= 0.3 is 0 Å². The summed E-state index contributed by atoms with van der Waals surface area (Å²) in [6.45, 7) is 1.99. The lowest BCUT2D eigenvalue weighted by Crippen LogP contribution is -2.44. The van der Waals surface area contributed by atoms with Crippen LogP contribution in [0.2, 0.25) is 0 Å². The summed E-state index contributed by atoms with van der Waals surface area (Å²) in [5.41, 5.74) is 12.3. The van der Waals surface area contributed by atoms with Crippen molar-refractivity contribution in [2.75, 3.05) is 11.4 Å². The number of nitro groups is 1. The molecule has 1 aliphatic heterocycles. The van der Waals surface area contributed by atoms with Gasteiger partial charge in [-0.2, -0.15) is 0 Å². The molecule has 7 heteroatoms. The van der Waals surface area contributed by atoms with Crippen molar-refractivity contribution >= 4 is 17.3 Å². The molecule has 3 aliphatic rings. The van der Waals surface area contributed by atoms with Crippen molar-refractivity contribution in [1.82, 2.24) is 4.90 Å². The standard InChI is InChI=1S/C32H36N4O3/c33-28-11-13-29(14-12-28)35(32(37)24-8-9-24)20-22-4-3-7-25(18-22)26-10-15-30(31(19-26)36(38)39)34-17-16-23-5-1-2-6-27(23)21-34/h1-7,10,15,18-19,24,28-29H,8-9,11-14,16-17,20-21,33H2. The van der Waals surface area contributed by atoms with Gasteiger partial charge in [-0.3, -0.25) is 14.9 Å². The molecular weight excluding hydrogens is 488 g/mol. The molecule has 202 valence electrons. The minimum absolute atomic E-state index is 0.126. The van der Waals surface area contributed by atoms with Crippen LogP contribution < -0.4 is 10.6 Å². The van der Waals surface area contributed by atoms with Crippen LogP contribution in [-0.4, -0.2) is 34.4 Å². The number of carbonyl (C=O) groups is 1. The second-order valence-electron chi connectivity index (χ2n) is 11.4. The maximum absolute atomic E-state index is 13.2. The normalized spacial score (nSPS) is 20.8. The fourth-order valence-corrected chi connectivity index (χ4v) is 6.23. The number of amides is 1. The average Bonchev–Trinajstić information content (AvgIpc) is 3.82. The smallest absolute Gasteiger partial charge is 0.293 e. The SMILES string of the molecule is NC1CCC(N(Cc2cccc(-c3ccc(N4CCc5ccccc5C4)c([N+](=O)[O-])c3)c2)C(=O)C2CC2)CC1. The van der Waals surface area contributed by atoms with Gasteiger partial charge < -0.3 is 15.5 Å². The van der Waals surface area contributed by atoms with E-state index in [1.54, 1.807) is 6.07 Å². The van der Waals surface area contributed by atoms with E-state index in [-0.39, 0.29) is 34.5 Å². The lowest BCUT2D eigenvalue weighted by molar-refractivity contribution is -0.384. The van der Waals surface area contributed by atoms with Crippen LogP contribution in [0.1, 0.15) is 55.2 Å². The van der Waals surface area contributed by atoms with Crippen molar-refractivity contribution in [3.63, 3.8) is 0 Å². The number of nitrogens with zero attached hydrogens (tertiary/aromatic N) is 3. The summed E-state index contributed by atoms with van der Waals surface area (Å²) in [4.78, 5) is 29.3. The predicted octanol–water partition coefficient (Wildman–Crippen LogP) is 5.83. The van der Waals surface area contributed by atoms with Crippen molar-refractivity contribution in [2.24, 2.45) is 11.7 Å². The van der Waals surface area contributed by atoms with Gasteiger partial charge in [0.25, 0.3) is 5.69 Å². The first-order chi connectivity index (χ1) is 19.0. The van der Waals surface area contributed by atoms with Crippen LogP contribution in [0.25, 0.3) is 11.1 Å². The van der Waals surface area contributed by atoms with Crippen LogP contribution in [0.4, 0.5) is 11.4 Å². The van der Waals surface area contributed by atoms with Crippen LogP contribution in [0.5, 0.6) is 0 Å². The fourth-order valence-electron chi connectivity index (χ4n) is 6.23. The van der Waals surface area contributed by atoms with E-state index in [0.29, 0.717) is 18.8 Å². The highest BCUT2D eigenvalue weighted by Crippen LogP contribution is 2.37. The predicted molar refractivity (Wildman–Crippen MR) is 153 cm³/mol. The van der Waals surface area contributed by atoms with Gasteiger partial charge in [-0.05, 0) is 84.9 Å². The van der Waals surface area contributed by atoms with Gasteiger partial charge in [-0.1, -0.05) is 48.5 Å². The van der Waals surface area contributed by atoms with Crippen molar-refractivity contribution in [1.29, 1.82) is 0 Å². The highest BCUT2D eigenvalue weighted by atomic mass is 16.6. The third-order valence-corrected chi connectivity index (χ3v) is 8.65. The number of rotatable bonds is 7. The van der Waals surface area contributed by atoms with Gasteiger partial charge in [-0.15, -0.1) is 0 Å². The Kier molecular flexibility index (Phi) is 7.09. The fraction of sp³-hybridized carbons (Fsp3) is 0.406. The van der Waals surface area contributed by atoms with E-state index in [2.05, 4.69) is 34.1 Å². The zero-order chi connectivity index (χ0) is 26.9. The molecule has 0 radical (unpaired) electrons. The van der Waals surface area contributed by atoms with Crippen molar-refractivity contribution in [3.8, 4) is 11.1 Å². The molecule has 2 N–H and O–H groups in total. The van der Waals surface area contributed by atoms with Crippen LogP contribution in [0.15, 0.2) is 66.7 Å². The van der Waals surface area contributed by atoms with E-state index in [9.17, 15) is 14.9 Å². The molecule has 0 spiro atoms. The average molecular weight is 525 g/mol. The Balaban J connectivity index is 1.25. The molecule has 0 bridgehead atoms. The summed E-state index contributed by atoms with van der Waals surface area (Å²) < 4.78 is 0. The Bertz CT molecular complexity index is 1380. The number of anilines is 1. The molecule has 2 fully saturated rings. The minimum Gasteiger partial charge on any atom is -0.361 e. The molecular formula is C32H36N4O3. The van der Waals surface area contributed by atoms with Gasteiger partial charge in [0.05, 0.1) is 4.92 Å². The summed E-state index contributed by atoms with van der Waals surface area (Å²) in [6.07, 6.45) is 6.66. The van der Waals surface area contributed by atoms with E-state index >= 15 is 0 Å². The molecule has 0 aromatic heterocycles. The lowest BCUT2D eigenvalue weighted by Gasteiger charge is -2.36. The van der Waals surface area contributed by atoms with Gasteiger partial charge in [-0.25, -0.2) is 0 Å². The first kappa shape index (κ1) is 25.6. The summed E-state index contributed by atoms with van der Waals surface area (Å²) in [5.74, 6) is 0.435. The molecule has 0 unspecified atom stereocenters. The first-order valence-corrected chi connectivity index (χ1v) is 14.2. The molecule has 0 saturated heterocycles. The summed E-state index contributed by atoms with van der Waals surface area (Å²) in [7, 11) is 0. The lowest BCUT2D eigenvalue weighted by atomic mass is 9.90. The third kappa shape index (κ3) is 5.55. The summed E-state index contributed by atoms with van der Waals surface area (Å²) in [5, 5.41) is 12.2. The maximum atomic E-state index is 13.2. The van der Waals surface area contributed by atoms with E-state index in [1.165, 1.54) is 11.1 Å². The van der Waals surface area contributed by atoms with Crippen LogP contribution >= 0.6 is 0 Å². The number of hydrogen-bond donors (Lipinski definition) is 1. The van der Waals surface area contributed by atoms with Crippen molar-refractivity contribution in [3.05, 3.63) is 93.5 Å². The molecule has 3 aromatic rings. The summed E-state index contributed by atoms with van der Waals surface area (Å²) >= 11 is 0. The molecule has 1 amide bonds. The molecule has 2 aliphatic carbocycles. The Morgan fingerprint density at radius 2 is 1.67 bits per heavy atom. The molecule has 6 rings (SSSR count). The van der Waals surface area contributed by atoms with Gasteiger partial charge in [0.2, 0.25) is 5.91 Å². The van der Waals surface area contributed by atoms with Gasteiger partial charge in [0, 0.05) is 43.7 Å².